The van der Waals surface area contributed by atoms with Crippen LogP contribution in [0.25, 0.3) is 33.8 Å². The Balaban J connectivity index is 1.39. The summed E-state index contributed by atoms with van der Waals surface area (Å²) < 4.78 is 5.81. The second-order valence-electron chi connectivity index (χ2n) is 7.40. The van der Waals surface area contributed by atoms with Crippen LogP contribution in [-0.4, -0.2) is 46.0 Å². The quantitative estimate of drug-likeness (QED) is 0.537. The molecule has 0 radical (unpaired) electrons. The second kappa shape index (κ2) is 8.57. The largest absolute Gasteiger partial charge is 0.375 e. The summed E-state index contributed by atoms with van der Waals surface area (Å²) in [5.41, 5.74) is 7.14. The van der Waals surface area contributed by atoms with Crippen LogP contribution in [0, 0.1) is 0 Å². The molecule has 1 unspecified atom stereocenters. The molecule has 0 amide bonds. The number of rotatable bonds is 5. The molecule has 0 bridgehead atoms. The van der Waals surface area contributed by atoms with E-state index >= 15 is 0 Å². The lowest BCUT2D eigenvalue weighted by Gasteiger charge is -2.23. The fourth-order valence-corrected chi connectivity index (χ4v) is 3.79. The van der Waals surface area contributed by atoms with Gasteiger partial charge in [0.2, 0.25) is 0 Å². The number of hydrogen-bond donors (Lipinski definition) is 2. The molecule has 6 nitrogen and oxygen atoms in total. The van der Waals surface area contributed by atoms with Crippen LogP contribution >= 0.6 is 0 Å². The summed E-state index contributed by atoms with van der Waals surface area (Å²) in [7, 11) is 0. The number of aromatic nitrogens is 4. The Morgan fingerprint density at radius 2 is 1.83 bits per heavy atom. The van der Waals surface area contributed by atoms with Crippen molar-refractivity contribution in [2.45, 2.75) is 12.5 Å². The van der Waals surface area contributed by atoms with Crippen molar-refractivity contribution < 1.29 is 4.74 Å². The lowest BCUT2D eigenvalue weighted by atomic mass is 10.0. The second-order valence-corrected chi connectivity index (χ2v) is 7.40. The molecule has 5 rings (SSSR count). The Morgan fingerprint density at radius 1 is 0.933 bits per heavy atom. The van der Waals surface area contributed by atoms with Gasteiger partial charge >= 0.3 is 0 Å². The zero-order chi connectivity index (χ0) is 20.2. The monoisotopic (exact) mass is 397 g/mol. The summed E-state index contributed by atoms with van der Waals surface area (Å²) in [6.45, 7) is 2.64. The lowest BCUT2D eigenvalue weighted by Crippen LogP contribution is -2.39. The highest BCUT2D eigenvalue weighted by Gasteiger charge is 2.15. The molecular formula is C24H23N5O. The first kappa shape index (κ1) is 18.7. The van der Waals surface area contributed by atoms with E-state index in [0.717, 1.165) is 59.9 Å². The smallest absolute Gasteiger partial charge is 0.0912 e. The standard InChI is InChI=1S/C24H23N5O/c1-2-9-26-22(3-1)24-21(16-28-29-24)19-8-10-27-23(14-19)18-6-4-17(5-7-18)13-20-15-25-11-12-30-20/h1-10,14,16,20,25H,11-13,15H2,(H,28,29). The summed E-state index contributed by atoms with van der Waals surface area (Å²) in [5.74, 6) is 0. The number of nitrogens with zero attached hydrogens (tertiary/aromatic N) is 3. The van der Waals surface area contributed by atoms with E-state index in [9.17, 15) is 0 Å². The Hall–Kier alpha value is -3.35. The van der Waals surface area contributed by atoms with Crippen LogP contribution in [0.3, 0.4) is 0 Å². The summed E-state index contributed by atoms with van der Waals surface area (Å²) >= 11 is 0. The molecule has 3 aromatic heterocycles. The molecule has 0 spiro atoms. The van der Waals surface area contributed by atoms with E-state index in [1.807, 2.05) is 36.7 Å². The first-order valence-electron chi connectivity index (χ1n) is 10.2. The van der Waals surface area contributed by atoms with E-state index in [-0.39, 0.29) is 6.10 Å². The molecule has 1 atom stereocenters. The van der Waals surface area contributed by atoms with E-state index in [1.54, 1.807) is 6.20 Å². The first-order valence-corrected chi connectivity index (χ1v) is 10.2. The highest BCUT2D eigenvalue weighted by atomic mass is 16.5. The van der Waals surface area contributed by atoms with E-state index in [4.69, 9.17) is 4.74 Å². The summed E-state index contributed by atoms with van der Waals surface area (Å²) in [6.07, 6.45) is 6.63. The first-order chi connectivity index (χ1) is 14.9. The summed E-state index contributed by atoms with van der Waals surface area (Å²) in [4.78, 5) is 9.03. The Bertz CT molecular complexity index is 1100. The van der Waals surface area contributed by atoms with Gasteiger partial charge in [0.1, 0.15) is 0 Å². The van der Waals surface area contributed by atoms with Gasteiger partial charge in [0.15, 0.2) is 0 Å². The predicted molar refractivity (Wildman–Crippen MR) is 117 cm³/mol. The van der Waals surface area contributed by atoms with Crippen LogP contribution in [0.5, 0.6) is 0 Å². The van der Waals surface area contributed by atoms with Gasteiger partial charge in [-0.2, -0.15) is 5.10 Å². The maximum atomic E-state index is 5.81. The number of hydrogen-bond acceptors (Lipinski definition) is 5. The van der Waals surface area contributed by atoms with Crippen LogP contribution in [0.2, 0.25) is 0 Å². The molecule has 1 aliphatic rings. The summed E-state index contributed by atoms with van der Waals surface area (Å²) in [5, 5.41) is 10.7. The number of pyridine rings is 2. The number of ether oxygens (including phenoxy) is 1. The van der Waals surface area contributed by atoms with Gasteiger partial charge in [0.05, 0.1) is 36.0 Å². The van der Waals surface area contributed by atoms with Gasteiger partial charge in [0.25, 0.3) is 0 Å². The third-order valence-corrected chi connectivity index (χ3v) is 5.35. The maximum absolute atomic E-state index is 5.81. The van der Waals surface area contributed by atoms with E-state index in [1.165, 1.54) is 5.56 Å². The molecule has 1 aromatic carbocycles. The number of aromatic amines is 1. The Morgan fingerprint density at radius 3 is 2.63 bits per heavy atom. The zero-order valence-corrected chi connectivity index (χ0v) is 16.6. The molecule has 1 fully saturated rings. The molecule has 1 aliphatic heterocycles. The van der Waals surface area contributed by atoms with Crippen LogP contribution in [0.1, 0.15) is 5.56 Å². The molecule has 150 valence electrons. The van der Waals surface area contributed by atoms with E-state index in [2.05, 4.69) is 55.8 Å². The van der Waals surface area contributed by atoms with Crippen LogP contribution < -0.4 is 5.32 Å². The number of H-pyrrole nitrogens is 1. The Labute approximate surface area is 175 Å². The van der Waals surface area contributed by atoms with Crippen molar-refractivity contribution >= 4 is 0 Å². The minimum absolute atomic E-state index is 0.247. The molecule has 6 heteroatoms. The highest BCUT2D eigenvalue weighted by molar-refractivity contribution is 5.80. The molecule has 30 heavy (non-hydrogen) atoms. The van der Waals surface area contributed by atoms with Gasteiger partial charge in [-0.15, -0.1) is 0 Å². The SMILES string of the molecule is c1ccc(-c2[nH]ncc2-c2ccnc(-c3ccc(CC4CNCCO4)cc3)c2)nc1. The lowest BCUT2D eigenvalue weighted by molar-refractivity contribution is 0.0292. The van der Waals surface area contributed by atoms with Crippen molar-refractivity contribution in [2.24, 2.45) is 0 Å². The molecule has 0 saturated carbocycles. The number of benzene rings is 1. The normalized spacial score (nSPS) is 16.5. The van der Waals surface area contributed by atoms with Crippen LogP contribution in [-0.2, 0) is 11.2 Å². The molecular weight excluding hydrogens is 374 g/mol. The number of morpholine rings is 1. The van der Waals surface area contributed by atoms with Gasteiger partial charge in [0, 0.05) is 36.6 Å². The van der Waals surface area contributed by atoms with Gasteiger partial charge in [-0.3, -0.25) is 15.1 Å². The average molecular weight is 397 g/mol. The molecule has 2 N–H and O–H groups in total. The van der Waals surface area contributed by atoms with Crippen molar-refractivity contribution in [3.63, 3.8) is 0 Å². The van der Waals surface area contributed by atoms with Crippen LogP contribution in [0.15, 0.2) is 73.2 Å². The minimum atomic E-state index is 0.247. The zero-order valence-electron chi connectivity index (χ0n) is 16.6. The molecule has 4 heterocycles. The third-order valence-electron chi connectivity index (χ3n) is 5.35. The van der Waals surface area contributed by atoms with Gasteiger partial charge in [-0.05, 0) is 41.8 Å². The fourth-order valence-electron chi connectivity index (χ4n) is 3.79. The van der Waals surface area contributed by atoms with Crippen molar-refractivity contribution in [1.29, 1.82) is 0 Å². The van der Waals surface area contributed by atoms with Crippen LogP contribution in [0.4, 0.5) is 0 Å². The fraction of sp³-hybridized carbons (Fsp3) is 0.208. The van der Waals surface area contributed by atoms with Gasteiger partial charge in [-0.1, -0.05) is 30.3 Å². The maximum Gasteiger partial charge on any atom is 0.0912 e. The number of nitrogens with one attached hydrogen (secondary N) is 2. The van der Waals surface area contributed by atoms with Crippen molar-refractivity contribution in [1.82, 2.24) is 25.5 Å². The van der Waals surface area contributed by atoms with E-state index in [0.29, 0.717) is 0 Å². The molecule has 4 aromatic rings. The third kappa shape index (κ3) is 4.01. The van der Waals surface area contributed by atoms with Crippen molar-refractivity contribution in [2.75, 3.05) is 19.7 Å². The Kier molecular flexibility index (Phi) is 5.33. The van der Waals surface area contributed by atoms with Gasteiger partial charge in [-0.25, -0.2) is 0 Å². The van der Waals surface area contributed by atoms with Gasteiger partial charge < -0.3 is 10.1 Å². The minimum Gasteiger partial charge on any atom is -0.375 e. The highest BCUT2D eigenvalue weighted by Crippen LogP contribution is 2.31. The molecule has 1 saturated heterocycles. The summed E-state index contributed by atoms with van der Waals surface area (Å²) in [6, 6.07) is 18.6. The topological polar surface area (TPSA) is 75.7 Å². The predicted octanol–water partition coefficient (Wildman–Crippen LogP) is 3.73. The van der Waals surface area contributed by atoms with Crippen molar-refractivity contribution in [3.05, 3.63) is 78.8 Å². The average Bonchev–Trinajstić information content (AvgIpc) is 3.31. The molecule has 0 aliphatic carbocycles. The van der Waals surface area contributed by atoms with Crippen molar-refractivity contribution in [3.8, 4) is 33.8 Å². The van der Waals surface area contributed by atoms with E-state index < -0.39 is 0 Å².